The lowest BCUT2D eigenvalue weighted by Gasteiger charge is -2.12. The summed E-state index contributed by atoms with van der Waals surface area (Å²) in [5.41, 5.74) is 6.15. The summed E-state index contributed by atoms with van der Waals surface area (Å²) in [6.07, 6.45) is 19.1. The van der Waals surface area contributed by atoms with E-state index in [0.717, 1.165) is 45.1 Å². The molecule has 4 aromatic carbocycles. The third kappa shape index (κ3) is 10.7. The number of phenols is 3. The van der Waals surface area contributed by atoms with Crippen LogP contribution >= 0.6 is 11.8 Å². The molecule has 5 nitrogen and oxygen atoms in total. The summed E-state index contributed by atoms with van der Waals surface area (Å²) in [5.74, 6) is 1.67. The van der Waals surface area contributed by atoms with E-state index in [9.17, 15) is 15.3 Å². The zero-order chi connectivity index (χ0) is 34.3. The first kappa shape index (κ1) is 36.1. The predicted octanol–water partition coefficient (Wildman–Crippen LogP) is 12.6. The molecule has 0 radical (unpaired) electrons. The van der Waals surface area contributed by atoms with Gasteiger partial charge in [0, 0.05) is 21.6 Å². The molecule has 0 aliphatic heterocycles. The second-order valence-corrected chi connectivity index (χ2v) is 14.2. The maximum absolute atomic E-state index is 10.1. The standard InChI is InChI=1S/C43H52N2O3S/c1-2-3-4-5-6-7-8-9-10-11-12-13-14-15-31-49-40-18-16-17-36(32-40)45-43(35-23-29-39(48)30-24-35)41(33-19-25-37(46)26-20-33)42(44-45)34-21-27-38(47)28-22-34/h16-30,32,46-48H,2-15,31H2,1H3. The third-order valence-corrected chi connectivity index (χ3v) is 10.2. The molecule has 0 amide bonds. The minimum Gasteiger partial charge on any atom is -0.508 e. The molecule has 3 N–H and O–H groups in total. The lowest BCUT2D eigenvalue weighted by molar-refractivity contribution is 0.475. The summed E-state index contributed by atoms with van der Waals surface area (Å²) in [5, 5.41) is 35.4. The number of rotatable bonds is 20. The number of aromatic nitrogens is 2. The minimum absolute atomic E-state index is 0.191. The zero-order valence-corrected chi connectivity index (χ0v) is 29.8. The van der Waals surface area contributed by atoms with E-state index in [-0.39, 0.29) is 17.2 Å². The fourth-order valence-electron chi connectivity index (χ4n) is 6.41. The fraction of sp³-hybridized carbons (Fsp3) is 0.372. The predicted molar refractivity (Wildman–Crippen MR) is 206 cm³/mol. The molecule has 0 fully saturated rings. The smallest absolute Gasteiger partial charge is 0.115 e. The van der Waals surface area contributed by atoms with E-state index in [1.165, 1.54) is 94.8 Å². The Bertz CT molecular complexity index is 1700. The van der Waals surface area contributed by atoms with Crippen molar-refractivity contribution in [3.05, 3.63) is 97.1 Å². The zero-order valence-electron chi connectivity index (χ0n) is 29.0. The summed E-state index contributed by atoms with van der Waals surface area (Å²) in [7, 11) is 0. The Morgan fingerprint density at radius 2 is 1.00 bits per heavy atom. The first-order valence-corrected chi connectivity index (χ1v) is 19.3. The fourth-order valence-corrected chi connectivity index (χ4v) is 7.37. The minimum atomic E-state index is 0.191. The molecule has 258 valence electrons. The van der Waals surface area contributed by atoms with Crippen LogP contribution in [0.25, 0.3) is 39.3 Å². The summed E-state index contributed by atoms with van der Waals surface area (Å²) in [6.45, 7) is 2.28. The summed E-state index contributed by atoms with van der Waals surface area (Å²) >= 11 is 1.89. The van der Waals surface area contributed by atoms with Gasteiger partial charge < -0.3 is 15.3 Å². The highest BCUT2D eigenvalue weighted by atomic mass is 32.2. The number of benzene rings is 4. The second-order valence-electron chi connectivity index (χ2n) is 13.1. The topological polar surface area (TPSA) is 78.5 Å². The number of hydrogen-bond acceptors (Lipinski definition) is 5. The molecule has 6 heteroatoms. The van der Waals surface area contributed by atoms with Crippen molar-refractivity contribution in [2.75, 3.05) is 5.75 Å². The van der Waals surface area contributed by atoms with Crippen LogP contribution in [0.1, 0.15) is 96.8 Å². The Labute approximate surface area is 297 Å². The van der Waals surface area contributed by atoms with Crippen LogP contribution in [0.2, 0.25) is 0 Å². The summed E-state index contributed by atoms with van der Waals surface area (Å²) in [4.78, 5) is 1.21. The van der Waals surface area contributed by atoms with Gasteiger partial charge in [-0.3, -0.25) is 0 Å². The van der Waals surface area contributed by atoms with Gasteiger partial charge in [-0.25, -0.2) is 4.68 Å². The van der Waals surface area contributed by atoms with Crippen molar-refractivity contribution in [2.45, 2.75) is 102 Å². The Morgan fingerprint density at radius 3 is 1.53 bits per heavy atom. The van der Waals surface area contributed by atoms with Crippen molar-refractivity contribution in [3.8, 4) is 56.6 Å². The Morgan fingerprint density at radius 1 is 0.531 bits per heavy atom. The number of nitrogens with zero attached hydrogens (tertiary/aromatic N) is 2. The van der Waals surface area contributed by atoms with Gasteiger partial charge in [0.2, 0.25) is 0 Å². The number of aromatic hydroxyl groups is 3. The molecule has 0 spiro atoms. The van der Waals surface area contributed by atoms with Gasteiger partial charge in [0.05, 0.1) is 11.4 Å². The first-order valence-electron chi connectivity index (χ1n) is 18.3. The van der Waals surface area contributed by atoms with Gasteiger partial charge in [0.1, 0.15) is 22.9 Å². The van der Waals surface area contributed by atoms with E-state index in [2.05, 4.69) is 31.2 Å². The Hall–Kier alpha value is -4.16. The summed E-state index contributed by atoms with van der Waals surface area (Å²) in [6, 6.07) is 30.0. The van der Waals surface area contributed by atoms with Crippen molar-refractivity contribution in [1.82, 2.24) is 9.78 Å². The van der Waals surface area contributed by atoms with Gasteiger partial charge in [-0.05, 0) is 96.6 Å². The van der Waals surface area contributed by atoms with E-state index in [4.69, 9.17) is 5.10 Å². The molecule has 0 unspecified atom stereocenters. The molecule has 0 aliphatic carbocycles. The number of hydrogen-bond donors (Lipinski definition) is 3. The Balaban J connectivity index is 1.26. The average molecular weight is 677 g/mol. The monoisotopic (exact) mass is 676 g/mol. The molecule has 0 aliphatic rings. The van der Waals surface area contributed by atoms with Crippen molar-refractivity contribution < 1.29 is 15.3 Å². The molecule has 1 heterocycles. The van der Waals surface area contributed by atoms with Gasteiger partial charge in [0.25, 0.3) is 0 Å². The van der Waals surface area contributed by atoms with Crippen molar-refractivity contribution in [1.29, 1.82) is 0 Å². The van der Waals surface area contributed by atoms with Crippen molar-refractivity contribution in [2.24, 2.45) is 0 Å². The highest BCUT2D eigenvalue weighted by Crippen LogP contribution is 2.42. The molecule has 49 heavy (non-hydrogen) atoms. The second kappa shape index (κ2) is 19.1. The molecule has 0 saturated heterocycles. The van der Waals surface area contributed by atoms with Gasteiger partial charge in [-0.2, -0.15) is 5.10 Å². The first-order chi connectivity index (χ1) is 24.0. The highest BCUT2D eigenvalue weighted by Gasteiger charge is 2.23. The number of phenolic OH excluding ortho intramolecular Hbond substituents is 3. The number of thioether (sulfide) groups is 1. The molecule has 0 saturated carbocycles. The molecule has 1 aromatic heterocycles. The normalized spacial score (nSPS) is 11.3. The molecule has 0 atom stereocenters. The van der Waals surface area contributed by atoms with E-state index in [1.54, 1.807) is 36.4 Å². The van der Waals surface area contributed by atoms with E-state index >= 15 is 0 Å². The quantitative estimate of drug-likeness (QED) is 0.0565. The van der Waals surface area contributed by atoms with Crippen LogP contribution in [-0.2, 0) is 0 Å². The summed E-state index contributed by atoms with van der Waals surface area (Å²) < 4.78 is 1.98. The average Bonchev–Trinajstić information content (AvgIpc) is 3.52. The van der Waals surface area contributed by atoms with E-state index in [1.807, 2.05) is 52.8 Å². The van der Waals surface area contributed by atoms with Gasteiger partial charge >= 0.3 is 0 Å². The maximum atomic E-state index is 10.1. The van der Waals surface area contributed by atoms with Crippen LogP contribution < -0.4 is 0 Å². The van der Waals surface area contributed by atoms with Gasteiger partial charge in [-0.1, -0.05) is 109 Å². The molecular formula is C43H52N2O3S. The molecular weight excluding hydrogens is 625 g/mol. The number of unbranched alkanes of at least 4 members (excludes halogenated alkanes) is 13. The molecule has 5 aromatic rings. The van der Waals surface area contributed by atoms with Crippen LogP contribution in [0.15, 0.2) is 102 Å². The third-order valence-electron chi connectivity index (χ3n) is 9.15. The maximum Gasteiger partial charge on any atom is 0.115 e. The van der Waals surface area contributed by atoms with Gasteiger partial charge in [-0.15, -0.1) is 11.8 Å². The van der Waals surface area contributed by atoms with Crippen molar-refractivity contribution >= 4 is 11.8 Å². The van der Waals surface area contributed by atoms with E-state index in [0.29, 0.717) is 0 Å². The molecule has 0 bridgehead atoms. The van der Waals surface area contributed by atoms with Crippen molar-refractivity contribution in [3.63, 3.8) is 0 Å². The lowest BCUT2D eigenvalue weighted by Crippen LogP contribution is -2.00. The van der Waals surface area contributed by atoms with Crippen LogP contribution in [-0.4, -0.2) is 30.9 Å². The van der Waals surface area contributed by atoms with Crippen LogP contribution in [0.5, 0.6) is 17.2 Å². The Kier molecular flexibility index (Phi) is 14.1. The van der Waals surface area contributed by atoms with Gasteiger partial charge in [0.15, 0.2) is 0 Å². The highest BCUT2D eigenvalue weighted by molar-refractivity contribution is 7.99. The van der Waals surface area contributed by atoms with E-state index < -0.39 is 0 Å². The van der Waals surface area contributed by atoms with Crippen LogP contribution in [0.3, 0.4) is 0 Å². The van der Waals surface area contributed by atoms with Crippen LogP contribution in [0, 0.1) is 0 Å². The SMILES string of the molecule is CCCCCCCCCCCCCCCCSc1cccc(-n2nc(-c3ccc(O)cc3)c(-c3ccc(O)cc3)c2-c2ccc(O)cc2)c1. The largest absolute Gasteiger partial charge is 0.508 e. The molecule has 5 rings (SSSR count). The van der Waals surface area contributed by atoms with Crippen LogP contribution in [0.4, 0.5) is 0 Å². The lowest BCUT2D eigenvalue weighted by atomic mass is 9.95.